The Kier molecular flexibility index (Phi) is 3.92. The zero-order valence-electron chi connectivity index (χ0n) is 10.9. The molecule has 19 heavy (non-hydrogen) atoms. The predicted octanol–water partition coefficient (Wildman–Crippen LogP) is 1.91. The number of benzene rings is 1. The summed E-state index contributed by atoms with van der Waals surface area (Å²) in [5.41, 5.74) is 5.77. The number of nitrogens with zero attached hydrogens (tertiary/aromatic N) is 2. The summed E-state index contributed by atoms with van der Waals surface area (Å²) in [4.78, 5) is 12.2. The molecule has 0 aliphatic heterocycles. The molecule has 2 rings (SSSR count). The highest BCUT2D eigenvalue weighted by atomic mass is 32.1. The Balaban J connectivity index is 2.15. The van der Waals surface area contributed by atoms with Gasteiger partial charge in [0.05, 0.1) is 0 Å². The van der Waals surface area contributed by atoms with Crippen LogP contribution in [0.5, 0.6) is 0 Å². The molecular formula is C13H16N4OS. The molecule has 5 nitrogen and oxygen atoms in total. The second-order valence-electron chi connectivity index (χ2n) is 4.38. The number of carbonyl (C=O) groups excluding carboxylic acids is 1. The van der Waals surface area contributed by atoms with Gasteiger partial charge in [0, 0.05) is 0 Å². The first-order chi connectivity index (χ1) is 9.04. The molecule has 0 aliphatic rings. The van der Waals surface area contributed by atoms with E-state index in [1.165, 1.54) is 11.3 Å². The third-order valence-electron chi connectivity index (χ3n) is 2.83. The molecule has 2 aromatic rings. The molecule has 0 radical (unpaired) electrons. The number of aromatic nitrogens is 2. The molecule has 1 amide bonds. The van der Waals surface area contributed by atoms with Gasteiger partial charge in [0.25, 0.3) is 5.91 Å². The average molecular weight is 276 g/mol. The summed E-state index contributed by atoms with van der Waals surface area (Å²) >= 11 is 1.36. The van der Waals surface area contributed by atoms with E-state index in [2.05, 4.69) is 15.5 Å². The Morgan fingerprint density at radius 3 is 2.63 bits per heavy atom. The number of hydrogen-bond acceptors (Lipinski definition) is 5. The SMILES string of the molecule is CCc1nnc(NC(=O)C(C)(N)c2ccccc2)s1. The van der Waals surface area contributed by atoms with Crippen molar-refractivity contribution in [2.24, 2.45) is 5.73 Å². The monoisotopic (exact) mass is 276 g/mol. The second kappa shape index (κ2) is 5.46. The summed E-state index contributed by atoms with van der Waals surface area (Å²) in [7, 11) is 0. The summed E-state index contributed by atoms with van der Waals surface area (Å²) in [5.74, 6) is -0.294. The van der Waals surface area contributed by atoms with Crippen molar-refractivity contribution in [3.63, 3.8) is 0 Å². The van der Waals surface area contributed by atoms with Crippen LogP contribution >= 0.6 is 11.3 Å². The van der Waals surface area contributed by atoms with Gasteiger partial charge in [-0.05, 0) is 18.9 Å². The zero-order chi connectivity index (χ0) is 13.9. The van der Waals surface area contributed by atoms with Crippen LogP contribution in [0.25, 0.3) is 0 Å². The molecule has 0 spiro atoms. The van der Waals surface area contributed by atoms with Crippen molar-refractivity contribution >= 4 is 22.4 Å². The standard InChI is InChI=1S/C13H16N4OS/c1-3-10-16-17-12(19-10)15-11(18)13(2,14)9-7-5-4-6-8-9/h4-8H,3,14H2,1-2H3,(H,15,17,18). The van der Waals surface area contributed by atoms with E-state index in [9.17, 15) is 4.79 Å². The quantitative estimate of drug-likeness (QED) is 0.894. The van der Waals surface area contributed by atoms with Crippen LogP contribution in [0, 0.1) is 0 Å². The molecule has 1 aromatic carbocycles. The van der Waals surface area contributed by atoms with Crippen LogP contribution in [-0.4, -0.2) is 16.1 Å². The summed E-state index contributed by atoms with van der Waals surface area (Å²) in [6, 6.07) is 9.26. The maximum absolute atomic E-state index is 12.2. The Morgan fingerprint density at radius 2 is 2.05 bits per heavy atom. The third kappa shape index (κ3) is 2.97. The minimum atomic E-state index is -1.10. The molecule has 0 saturated heterocycles. The molecule has 6 heteroatoms. The minimum Gasteiger partial charge on any atom is -0.314 e. The zero-order valence-corrected chi connectivity index (χ0v) is 11.7. The number of rotatable bonds is 4. The summed E-state index contributed by atoms with van der Waals surface area (Å²) in [6.45, 7) is 3.67. The van der Waals surface area contributed by atoms with Gasteiger partial charge in [-0.2, -0.15) is 0 Å². The van der Waals surface area contributed by atoms with Crippen LogP contribution < -0.4 is 11.1 Å². The van der Waals surface area contributed by atoms with Crippen LogP contribution in [-0.2, 0) is 16.8 Å². The largest absolute Gasteiger partial charge is 0.314 e. The highest BCUT2D eigenvalue weighted by Gasteiger charge is 2.31. The molecule has 1 unspecified atom stereocenters. The molecule has 0 bridgehead atoms. The smallest absolute Gasteiger partial charge is 0.250 e. The fourth-order valence-corrected chi connectivity index (χ4v) is 2.26. The van der Waals surface area contributed by atoms with Gasteiger partial charge in [0.2, 0.25) is 5.13 Å². The minimum absolute atomic E-state index is 0.294. The van der Waals surface area contributed by atoms with Crippen LogP contribution in [0.3, 0.4) is 0 Å². The lowest BCUT2D eigenvalue weighted by Gasteiger charge is -2.23. The van der Waals surface area contributed by atoms with E-state index in [4.69, 9.17) is 5.73 Å². The number of hydrogen-bond donors (Lipinski definition) is 2. The van der Waals surface area contributed by atoms with Crippen molar-refractivity contribution in [3.05, 3.63) is 40.9 Å². The maximum Gasteiger partial charge on any atom is 0.250 e. The van der Waals surface area contributed by atoms with Gasteiger partial charge >= 0.3 is 0 Å². The van der Waals surface area contributed by atoms with Gasteiger partial charge in [-0.25, -0.2) is 0 Å². The summed E-state index contributed by atoms with van der Waals surface area (Å²) < 4.78 is 0. The predicted molar refractivity (Wildman–Crippen MR) is 75.9 cm³/mol. The number of anilines is 1. The normalized spacial score (nSPS) is 13.8. The first-order valence-electron chi connectivity index (χ1n) is 6.02. The Labute approximate surface area is 115 Å². The van der Waals surface area contributed by atoms with Gasteiger partial charge < -0.3 is 5.73 Å². The third-order valence-corrected chi connectivity index (χ3v) is 3.82. The van der Waals surface area contributed by atoms with Gasteiger partial charge in [-0.1, -0.05) is 48.6 Å². The molecule has 1 aromatic heterocycles. The van der Waals surface area contributed by atoms with Crippen LogP contribution in [0.4, 0.5) is 5.13 Å². The average Bonchev–Trinajstić information content (AvgIpc) is 2.87. The molecule has 0 saturated carbocycles. The Bertz CT molecular complexity index is 565. The van der Waals surface area contributed by atoms with Crippen molar-refractivity contribution in [2.45, 2.75) is 25.8 Å². The molecule has 100 valence electrons. The lowest BCUT2D eigenvalue weighted by molar-refractivity contribution is -0.120. The van der Waals surface area contributed by atoms with Crippen LogP contribution in [0.2, 0.25) is 0 Å². The van der Waals surface area contributed by atoms with Crippen molar-refractivity contribution in [2.75, 3.05) is 5.32 Å². The van der Waals surface area contributed by atoms with Gasteiger partial charge in [0.1, 0.15) is 10.5 Å². The highest BCUT2D eigenvalue weighted by molar-refractivity contribution is 7.15. The van der Waals surface area contributed by atoms with E-state index in [1.54, 1.807) is 6.92 Å². The van der Waals surface area contributed by atoms with Crippen molar-refractivity contribution in [1.82, 2.24) is 10.2 Å². The van der Waals surface area contributed by atoms with E-state index < -0.39 is 5.54 Å². The fraction of sp³-hybridized carbons (Fsp3) is 0.308. The number of amides is 1. The first-order valence-corrected chi connectivity index (χ1v) is 6.84. The molecule has 3 N–H and O–H groups in total. The van der Waals surface area contributed by atoms with Crippen molar-refractivity contribution in [3.8, 4) is 0 Å². The topological polar surface area (TPSA) is 80.9 Å². The van der Waals surface area contributed by atoms with Crippen LogP contribution in [0.15, 0.2) is 30.3 Å². The number of nitrogens with one attached hydrogen (secondary N) is 1. The van der Waals surface area contributed by atoms with Crippen molar-refractivity contribution in [1.29, 1.82) is 0 Å². The number of aryl methyl sites for hydroxylation is 1. The van der Waals surface area contributed by atoms with E-state index in [-0.39, 0.29) is 5.91 Å². The molecular weight excluding hydrogens is 260 g/mol. The number of carbonyl (C=O) groups is 1. The molecule has 1 atom stereocenters. The second-order valence-corrected chi connectivity index (χ2v) is 5.44. The fourth-order valence-electron chi connectivity index (χ4n) is 1.59. The van der Waals surface area contributed by atoms with Gasteiger partial charge in [0.15, 0.2) is 0 Å². The van der Waals surface area contributed by atoms with E-state index in [0.29, 0.717) is 5.13 Å². The van der Waals surface area contributed by atoms with E-state index in [0.717, 1.165) is 17.0 Å². The maximum atomic E-state index is 12.2. The van der Waals surface area contributed by atoms with Gasteiger partial charge in [-0.15, -0.1) is 10.2 Å². The Hall–Kier alpha value is -1.79. The molecule has 0 aliphatic carbocycles. The lowest BCUT2D eigenvalue weighted by atomic mass is 9.92. The van der Waals surface area contributed by atoms with Crippen LogP contribution in [0.1, 0.15) is 24.4 Å². The van der Waals surface area contributed by atoms with Crippen molar-refractivity contribution < 1.29 is 4.79 Å². The summed E-state index contributed by atoms with van der Waals surface area (Å²) in [6.07, 6.45) is 0.798. The van der Waals surface area contributed by atoms with E-state index in [1.807, 2.05) is 37.3 Å². The first kappa shape index (κ1) is 13.6. The van der Waals surface area contributed by atoms with E-state index >= 15 is 0 Å². The van der Waals surface area contributed by atoms with Gasteiger partial charge in [-0.3, -0.25) is 10.1 Å². The Morgan fingerprint density at radius 1 is 1.37 bits per heavy atom. The summed E-state index contributed by atoms with van der Waals surface area (Å²) in [5, 5.41) is 12.0. The number of nitrogens with two attached hydrogens (primary N) is 1. The highest BCUT2D eigenvalue weighted by Crippen LogP contribution is 2.21. The lowest BCUT2D eigenvalue weighted by Crippen LogP contribution is -2.45. The molecule has 0 fully saturated rings. The molecule has 1 heterocycles.